The van der Waals surface area contributed by atoms with E-state index in [1.54, 1.807) is 24.8 Å². The standard InChI is InChI=1S/C21H24N2O7S2/c1-13-3-6-18(14(2)20(13)30-12-19(24)25)32(28,29)22-15-4-5-17(16(11-15)21(26)27)23-7-9-31-10-8-23/h3-6,11,22H,7-10,12H2,1-2H3,(H,24,25)(H,26,27). The summed E-state index contributed by atoms with van der Waals surface area (Å²) in [7, 11) is -4.09. The molecule has 0 aromatic heterocycles. The minimum Gasteiger partial charge on any atom is -0.481 e. The molecular formula is C21H24N2O7S2. The zero-order valence-corrected chi connectivity index (χ0v) is 19.3. The van der Waals surface area contributed by atoms with Gasteiger partial charge in [0, 0.05) is 35.8 Å². The van der Waals surface area contributed by atoms with Gasteiger partial charge in [-0.15, -0.1) is 0 Å². The van der Waals surface area contributed by atoms with Crippen molar-refractivity contribution in [3.05, 3.63) is 47.0 Å². The van der Waals surface area contributed by atoms with Gasteiger partial charge in [0.15, 0.2) is 6.61 Å². The van der Waals surface area contributed by atoms with Crippen LogP contribution in [-0.2, 0) is 14.8 Å². The molecule has 0 radical (unpaired) electrons. The van der Waals surface area contributed by atoms with E-state index < -0.39 is 28.6 Å². The van der Waals surface area contributed by atoms with E-state index in [0.717, 1.165) is 24.6 Å². The van der Waals surface area contributed by atoms with Crippen molar-refractivity contribution >= 4 is 45.1 Å². The fourth-order valence-corrected chi connectivity index (χ4v) is 5.71. The molecule has 1 aliphatic rings. The maximum absolute atomic E-state index is 13.0. The highest BCUT2D eigenvalue weighted by molar-refractivity contribution is 7.99. The molecule has 0 atom stereocenters. The minimum absolute atomic E-state index is 0.0169. The van der Waals surface area contributed by atoms with E-state index in [2.05, 4.69) is 4.72 Å². The molecule has 0 saturated carbocycles. The molecule has 0 amide bonds. The number of benzene rings is 2. The summed E-state index contributed by atoms with van der Waals surface area (Å²) < 4.78 is 33.8. The number of nitrogens with zero attached hydrogens (tertiary/aromatic N) is 1. The van der Waals surface area contributed by atoms with E-state index in [-0.39, 0.29) is 27.5 Å². The number of sulfonamides is 1. The van der Waals surface area contributed by atoms with Gasteiger partial charge < -0.3 is 19.8 Å². The van der Waals surface area contributed by atoms with Gasteiger partial charge in [-0.3, -0.25) is 4.72 Å². The summed E-state index contributed by atoms with van der Waals surface area (Å²) >= 11 is 1.80. The Kier molecular flexibility index (Phi) is 7.19. The van der Waals surface area contributed by atoms with Gasteiger partial charge in [0.2, 0.25) is 0 Å². The van der Waals surface area contributed by atoms with Crippen LogP contribution in [0.4, 0.5) is 11.4 Å². The van der Waals surface area contributed by atoms with Crippen LogP contribution in [0.15, 0.2) is 35.2 Å². The zero-order chi connectivity index (χ0) is 23.5. The van der Waals surface area contributed by atoms with Crippen molar-refractivity contribution < 1.29 is 33.0 Å². The van der Waals surface area contributed by atoms with Crippen molar-refractivity contribution in [2.45, 2.75) is 18.7 Å². The van der Waals surface area contributed by atoms with Crippen molar-refractivity contribution in [2.75, 3.05) is 40.8 Å². The number of hydrogen-bond donors (Lipinski definition) is 3. The third kappa shape index (κ3) is 5.28. The second kappa shape index (κ2) is 9.70. The molecule has 2 aromatic rings. The SMILES string of the molecule is Cc1ccc(S(=O)(=O)Nc2ccc(N3CCSCC3)c(C(=O)O)c2)c(C)c1OCC(=O)O. The molecule has 0 bridgehead atoms. The fraction of sp³-hybridized carbons (Fsp3) is 0.333. The molecule has 1 saturated heterocycles. The molecule has 1 fully saturated rings. The molecule has 2 aromatic carbocycles. The van der Waals surface area contributed by atoms with Crippen LogP contribution in [0.5, 0.6) is 5.75 Å². The van der Waals surface area contributed by atoms with Crippen LogP contribution < -0.4 is 14.4 Å². The third-order valence-electron chi connectivity index (χ3n) is 5.01. The first-order valence-corrected chi connectivity index (χ1v) is 12.4. The third-order valence-corrected chi connectivity index (χ3v) is 7.48. The molecular weight excluding hydrogens is 456 g/mol. The van der Waals surface area contributed by atoms with Gasteiger partial charge in [0.1, 0.15) is 5.75 Å². The summed E-state index contributed by atoms with van der Waals surface area (Å²) in [6, 6.07) is 7.38. The average Bonchev–Trinajstić information content (AvgIpc) is 2.73. The van der Waals surface area contributed by atoms with Gasteiger partial charge in [-0.1, -0.05) is 6.07 Å². The molecule has 9 nitrogen and oxygen atoms in total. The lowest BCUT2D eigenvalue weighted by Gasteiger charge is -2.29. The van der Waals surface area contributed by atoms with Gasteiger partial charge in [0.05, 0.1) is 16.1 Å². The van der Waals surface area contributed by atoms with Gasteiger partial charge in [-0.05, 0) is 43.7 Å². The second-order valence-electron chi connectivity index (χ2n) is 7.26. The normalized spacial score (nSPS) is 14.1. The minimum atomic E-state index is -4.09. The first kappa shape index (κ1) is 23.7. The van der Waals surface area contributed by atoms with Crippen molar-refractivity contribution in [2.24, 2.45) is 0 Å². The zero-order valence-electron chi connectivity index (χ0n) is 17.6. The fourth-order valence-electron chi connectivity index (χ4n) is 3.52. The van der Waals surface area contributed by atoms with Crippen molar-refractivity contribution in [3.8, 4) is 5.75 Å². The van der Waals surface area contributed by atoms with Crippen molar-refractivity contribution in [1.82, 2.24) is 0 Å². The Labute approximate surface area is 190 Å². The topological polar surface area (TPSA) is 133 Å². The number of nitrogens with one attached hydrogen (secondary N) is 1. The van der Waals surface area contributed by atoms with Crippen LogP contribution in [0.1, 0.15) is 21.5 Å². The molecule has 0 aliphatic carbocycles. The van der Waals surface area contributed by atoms with E-state index in [1.807, 2.05) is 4.90 Å². The van der Waals surface area contributed by atoms with E-state index in [0.29, 0.717) is 11.3 Å². The largest absolute Gasteiger partial charge is 0.481 e. The molecule has 0 spiro atoms. The van der Waals surface area contributed by atoms with Crippen molar-refractivity contribution in [3.63, 3.8) is 0 Å². The Morgan fingerprint density at radius 1 is 1.12 bits per heavy atom. The Morgan fingerprint density at radius 2 is 1.81 bits per heavy atom. The summed E-state index contributed by atoms with van der Waals surface area (Å²) in [6.07, 6.45) is 0. The lowest BCUT2D eigenvalue weighted by molar-refractivity contribution is -0.139. The smallest absolute Gasteiger partial charge is 0.341 e. The molecule has 11 heteroatoms. The highest BCUT2D eigenvalue weighted by Gasteiger charge is 2.23. The maximum Gasteiger partial charge on any atom is 0.341 e. The van der Waals surface area contributed by atoms with Gasteiger partial charge in [0.25, 0.3) is 10.0 Å². The summed E-state index contributed by atoms with van der Waals surface area (Å²) in [5.41, 5.74) is 1.55. The predicted octanol–water partition coefficient (Wildman–Crippen LogP) is 2.82. The van der Waals surface area contributed by atoms with Gasteiger partial charge >= 0.3 is 11.9 Å². The summed E-state index contributed by atoms with van der Waals surface area (Å²) in [4.78, 5) is 24.6. The number of aromatic carboxylic acids is 1. The highest BCUT2D eigenvalue weighted by atomic mass is 32.2. The van der Waals surface area contributed by atoms with Gasteiger partial charge in [-0.2, -0.15) is 11.8 Å². The van der Waals surface area contributed by atoms with E-state index in [4.69, 9.17) is 9.84 Å². The van der Waals surface area contributed by atoms with Crippen LogP contribution >= 0.6 is 11.8 Å². The number of rotatable bonds is 8. The van der Waals surface area contributed by atoms with Crippen LogP contribution in [0, 0.1) is 13.8 Å². The van der Waals surface area contributed by atoms with E-state index in [1.165, 1.54) is 31.2 Å². The number of aliphatic carboxylic acids is 1. The van der Waals surface area contributed by atoms with E-state index >= 15 is 0 Å². The first-order valence-electron chi connectivity index (χ1n) is 9.78. The molecule has 0 unspecified atom stereocenters. The number of thioether (sulfide) groups is 1. The Morgan fingerprint density at radius 3 is 2.44 bits per heavy atom. The molecule has 1 aliphatic heterocycles. The number of carboxylic acid groups (broad SMARTS) is 2. The van der Waals surface area contributed by atoms with Gasteiger partial charge in [-0.25, -0.2) is 18.0 Å². The van der Waals surface area contributed by atoms with Crippen LogP contribution in [0.25, 0.3) is 0 Å². The lowest BCUT2D eigenvalue weighted by Crippen LogP contribution is -2.33. The second-order valence-corrected chi connectivity index (χ2v) is 10.1. The van der Waals surface area contributed by atoms with Crippen LogP contribution in [0.2, 0.25) is 0 Å². The number of aryl methyl sites for hydroxylation is 1. The number of carboxylic acids is 2. The highest BCUT2D eigenvalue weighted by Crippen LogP contribution is 2.32. The van der Waals surface area contributed by atoms with Crippen molar-refractivity contribution in [1.29, 1.82) is 0 Å². The molecule has 3 N–H and O–H groups in total. The maximum atomic E-state index is 13.0. The predicted molar refractivity (Wildman–Crippen MR) is 123 cm³/mol. The Balaban J connectivity index is 1.92. The Hall–Kier alpha value is -2.92. The quantitative estimate of drug-likeness (QED) is 0.521. The molecule has 172 valence electrons. The van der Waals surface area contributed by atoms with Crippen LogP contribution in [0.3, 0.4) is 0 Å². The van der Waals surface area contributed by atoms with Crippen LogP contribution in [-0.4, -0.2) is 61.8 Å². The monoisotopic (exact) mass is 480 g/mol. The molecule has 3 rings (SSSR count). The lowest BCUT2D eigenvalue weighted by atomic mass is 10.1. The Bertz CT molecular complexity index is 1140. The molecule has 1 heterocycles. The summed E-state index contributed by atoms with van der Waals surface area (Å²) in [5.74, 6) is -0.350. The molecule has 32 heavy (non-hydrogen) atoms. The average molecular weight is 481 g/mol. The summed E-state index contributed by atoms with van der Waals surface area (Å²) in [5, 5.41) is 18.5. The number of hydrogen-bond acceptors (Lipinski definition) is 7. The van der Waals surface area contributed by atoms with E-state index in [9.17, 15) is 23.1 Å². The number of anilines is 2. The summed E-state index contributed by atoms with van der Waals surface area (Å²) in [6.45, 7) is 4.05. The number of carbonyl (C=O) groups is 2. The first-order chi connectivity index (χ1) is 15.1. The number of ether oxygens (including phenoxy) is 1.